The van der Waals surface area contributed by atoms with E-state index in [1.54, 1.807) is 0 Å². The molecule has 0 heterocycles. The second kappa shape index (κ2) is 6.40. The van der Waals surface area contributed by atoms with Gasteiger partial charge in [0.2, 0.25) is 5.91 Å². The fourth-order valence-corrected chi connectivity index (χ4v) is 1.69. The first-order chi connectivity index (χ1) is 8.74. The molecule has 18 heavy (non-hydrogen) atoms. The topological polar surface area (TPSA) is 50.4 Å². The Morgan fingerprint density at radius 2 is 2.06 bits per heavy atom. The maximum absolute atomic E-state index is 10.9. The van der Waals surface area contributed by atoms with Crippen LogP contribution in [0, 0.1) is 0 Å². The van der Waals surface area contributed by atoms with Crippen LogP contribution in [-0.2, 0) is 4.79 Å². The number of carbonyl (C=O) groups excluding carboxylic acids is 1. The Labute approximate surface area is 108 Å². The Morgan fingerprint density at radius 3 is 2.67 bits per heavy atom. The van der Waals surface area contributed by atoms with Gasteiger partial charge in [0.25, 0.3) is 0 Å². The van der Waals surface area contributed by atoms with E-state index in [0.717, 1.165) is 37.1 Å². The summed E-state index contributed by atoms with van der Waals surface area (Å²) >= 11 is 0. The van der Waals surface area contributed by atoms with E-state index in [9.17, 15) is 4.79 Å². The molecule has 1 saturated carbocycles. The van der Waals surface area contributed by atoms with Crippen molar-refractivity contribution in [3.8, 4) is 5.75 Å². The van der Waals surface area contributed by atoms with E-state index < -0.39 is 0 Å². The van der Waals surface area contributed by atoms with Crippen molar-refractivity contribution in [2.45, 2.75) is 32.2 Å². The first-order valence-electron chi connectivity index (χ1n) is 6.48. The highest BCUT2D eigenvalue weighted by Crippen LogP contribution is 2.18. The molecule has 0 spiro atoms. The van der Waals surface area contributed by atoms with Crippen LogP contribution in [0.15, 0.2) is 24.3 Å². The summed E-state index contributed by atoms with van der Waals surface area (Å²) in [5.41, 5.74) is 0.797. The van der Waals surface area contributed by atoms with Crippen molar-refractivity contribution >= 4 is 11.6 Å². The van der Waals surface area contributed by atoms with Crippen molar-refractivity contribution in [1.82, 2.24) is 5.32 Å². The summed E-state index contributed by atoms with van der Waals surface area (Å²) in [6.45, 7) is 3.24. The zero-order valence-electron chi connectivity index (χ0n) is 10.7. The summed E-state index contributed by atoms with van der Waals surface area (Å²) in [5.74, 6) is 0.783. The zero-order chi connectivity index (χ0) is 12.8. The first kappa shape index (κ1) is 12.9. The van der Waals surface area contributed by atoms with Crippen LogP contribution in [0.5, 0.6) is 5.75 Å². The molecular weight excluding hydrogens is 228 g/mol. The quantitative estimate of drug-likeness (QED) is 0.727. The average molecular weight is 248 g/mol. The van der Waals surface area contributed by atoms with Crippen LogP contribution in [-0.4, -0.2) is 25.1 Å². The van der Waals surface area contributed by atoms with Crippen LogP contribution < -0.4 is 15.4 Å². The molecule has 1 aliphatic rings. The van der Waals surface area contributed by atoms with Crippen molar-refractivity contribution in [2.24, 2.45) is 0 Å². The van der Waals surface area contributed by atoms with Crippen LogP contribution in [0.25, 0.3) is 0 Å². The number of ether oxygens (including phenoxy) is 1. The Balaban J connectivity index is 1.63. The normalized spacial score (nSPS) is 14.3. The number of rotatable bonds is 7. The summed E-state index contributed by atoms with van der Waals surface area (Å²) in [5, 5.41) is 6.17. The van der Waals surface area contributed by atoms with Gasteiger partial charge < -0.3 is 15.4 Å². The first-order valence-corrected chi connectivity index (χ1v) is 6.48. The second-order valence-electron chi connectivity index (χ2n) is 4.64. The van der Waals surface area contributed by atoms with E-state index in [-0.39, 0.29) is 5.91 Å². The van der Waals surface area contributed by atoms with Crippen LogP contribution in [0.2, 0.25) is 0 Å². The van der Waals surface area contributed by atoms with E-state index in [4.69, 9.17) is 4.74 Å². The van der Waals surface area contributed by atoms with Crippen molar-refractivity contribution < 1.29 is 9.53 Å². The minimum atomic E-state index is -0.0604. The van der Waals surface area contributed by atoms with Crippen LogP contribution >= 0.6 is 0 Å². The molecular formula is C14H20N2O2. The van der Waals surface area contributed by atoms with Gasteiger partial charge in [0.1, 0.15) is 5.75 Å². The fraction of sp³-hybridized carbons (Fsp3) is 0.500. The summed E-state index contributed by atoms with van der Waals surface area (Å²) in [6, 6.07) is 8.21. The molecule has 2 N–H and O–H groups in total. The smallest absolute Gasteiger partial charge is 0.221 e. The van der Waals surface area contributed by atoms with Gasteiger partial charge in [0, 0.05) is 18.7 Å². The maximum Gasteiger partial charge on any atom is 0.221 e. The lowest BCUT2D eigenvalue weighted by molar-refractivity contribution is -0.114. The Morgan fingerprint density at radius 1 is 1.33 bits per heavy atom. The molecule has 2 rings (SSSR count). The van der Waals surface area contributed by atoms with Gasteiger partial charge in [-0.3, -0.25) is 4.79 Å². The third-order valence-electron chi connectivity index (χ3n) is 2.77. The summed E-state index contributed by atoms with van der Waals surface area (Å²) in [6.07, 6.45) is 3.67. The molecule has 1 amide bonds. The molecule has 0 bridgehead atoms. The molecule has 0 unspecified atom stereocenters. The van der Waals surface area contributed by atoms with Gasteiger partial charge in [-0.1, -0.05) is 0 Å². The molecule has 1 aliphatic carbocycles. The van der Waals surface area contributed by atoms with Gasteiger partial charge in [-0.2, -0.15) is 0 Å². The van der Waals surface area contributed by atoms with Gasteiger partial charge >= 0.3 is 0 Å². The van der Waals surface area contributed by atoms with E-state index >= 15 is 0 Å². The van der Waals surface area contributed by atoms with E-state index in [1.165, 1.54) is 19.8 Å². The number of amides is 1. The van der Waals surface area contributed by atoms with E-state index in [1.807, 2.05) is 24.3 Å². The largest absolute Gasteiger partial charge is 0.494 e. The maximum atomic E-state index is 10.9. The molecule has 4 heteroatoms. The number of benzene rings is 1. The lowest BCUT2D eigenvalue weighted by atomic mass is 10.3. The van der Waals surface area contributed by atoms with Gasteiger partial charge in [0.15, 0.2) is 0 Å². The second-order valence-corrected chi connectivity index (χ2v) is 4.64. The van der Waals surface area contributed by atoms with Gasteiger partial charge in [-0.05, 0) is 50.1 Å². The molecule has 0 saturated heterocycles. The monoisotopic (exact) mass is 248 g/mol. The van der Waals surface area contributed by atoms with Crippen LogP contribution in [0.3, 0.4) is 0 Å². The lowest BCUT2D eigenvalue weighted by Gasteiger charge is -2.08. The van der Waals surface area contributed by atoms with Crippen molar-refractivity contribution in [3.63, 3.8) is 0 Å². The highest BCUT2D eigenvalue weighted by atomic mass is 16.5. The van der Waals surface area contributed by atoms with Gasteiger partial charge in [-0.15, -0.1) is 0 Å². The summed E-state index contributed by atoms with van der Waals surface area (Å²) in [7, 11) is 0. The zero-order valence-corrected chi connectivity index (χ0v) is 10.7. The highest BCUT2D eigenvalue weighted by molar-refractivity contribution is 5.88. The molecule has 0 atom stereocenters. The SMILES string of the molecule is CC(=O)Nc1ccc(OCCCNC2CC2)cc1. The Bertz CT molecular complexity index is 385. The summed E-state index contributed by atoms with van der Waals surface area (Å²) in [4.78, 5) is 10.9. The number of nitrogens with one attached hydrogen (secondary N) is 2. The van der Waals surface area contributed by atoms with Crippen LogP contribution in [0.4, 0.5) is 5.69 Å². The fourth-order valence-electron chi connectivity index (χ4n) is 1.69. The van der Waals surface area contributed by atoms with E-state index in [0.29, 0.717) is 0 Å². The predicted molar refractivity (Wildman–Crippen MR) is 71.9 cm³/mol. The van der Waals surface area contributed by atoms with Crippen molar-refractivity contribution in [1.29, 1.82) is 0 Å². The highest BCUT2D eigenvalue weighted by Gasteiger charge is 2.19. The summed E-state index contributed by atoms with van der Waals surface area (Å²) < 4.78 is 5.62. The molecule has 0 aliphatic heterocycles. The van der Waals surface area contributed by atoms with Gasteiger partial charge in [-0.25, -0.2) is 0 Å². The number of hydrogen-bond acceptors (Lipinski definition) is 3. The van der Waals surface area contributed by atoms with Gasteiger partial charge in [0.05, 0.1) is 6.61 Å². The predicted octanol–water partition coefficient (Wildman–Crippen LogP) is 2.17. The minimum absolute atomic E-state index is 0.0604. The number of hydrogen-bond donors (Lipinski definition) is 2. The molecule has 1 fully saturated rings. The van der Waals surface area contributed by atoms with Crippen molar-refractivity contribution in [2.75, 3.05) is 18.5 Å². The van der Waals surface area contributed by atoms with E-state index in [2.05, 4.69) is 10.6 Å². The van der Waals surface area contributed by atoms with Crippen LogP contribution in [0.1, 0.15) is 26.2 Å². The molecule has 0 aromatic heterocycles. The molecule has 4 nitrogen and oxygen atoms in total. The lowest BCUT2D eigenvalue weighted by Crippen LogP contribution is -2.19. The standard InChI is InChI=1S/C14H20N2O2/c1-11(17)16-13-5-7-14(8-6-13)18-10-2-9-15-12-3-4-12/h5-8,12,15H,2-4,9-10H2,1H3,(H,16,17). The average Bonchev–Trinajstić information content (AvgIpc) is 3.14. The third kappa shape index (κ3) is 4.75. The molecule has 1 aromatic rings. The molecule has 0 radical (unpaired) electrons. The molecule has 98 valence electrons. The molecule has 1 aromatic carbocycles. The Kier molecular flexibility index (Phi) is 4.59. The van der Waals surface area contributed by atoms with Crippen molar-refractivity contribution in [3.05, 3.63) is 24.3 Å². The Hall–Kier alpha value is -1.55. The number of anilines is 1. The number of carbonyl (C=O) groups is 1. The minimum Gasteiger partial charge on any atom is -0.494 e. The third-order valence-corrected chi connectivity index (χ3v) is 2.77.